The first-order valence-electron chi connectivity index (χ1n) is 14.0. The number of amides is 1. The SMILES string of the molecule is O=C(CCCCCc1ccccc1)N[C@@H]1CC[C@]2(O)CN(CC3CC3)CC[C@@]2(c2cccc(O)c2)C1. The van der Waals surface area contributed by atoms with Crippen LogP contribution < -0.4 is 5.32 Å². The Hall–Kier alpha value is -2.37. The number of β-amino-alcohol motifs (C(OH)–C–C–N with tert-alkyl or cyclic N) is 1. The molecule has 3 N–H and O–H groups in total. The van der Waals surface area contributed by atoms with E-state index in [0.29, 0.717) is 19.4 Å². The lowest BCUT2D eigenvalue weighted by molar-refractivity contribution is -0.134. The lowest BCUT2D eigenvalue weighted by Gasteiger charge is -2.58. The molecule has 194 valence electrons. The van der Waals surface area contributed by atoms with Crippen molar-refractivity contribution in [3.05, 3.63) is 65.7 Å². The van der Waals surface area contributed by atoms with Crippen molar-refractivity contribution in [2.75, 3.05) is 19.6 Å². The average Bonchev–Trinajstić information content (AvgIpc) is 3.69. The van der Waals surface area contributed by atoms with Crippen molar-refractivity contribution in [1.29, 1.82) is 0 Å². The minimum absolute atomic E-state index is 0.0550. The molecule has 0 unspecified atom stereocenters. The zero-order valence-corrected chi connectivity index (χ0v) is 21.5. The summed E-state index contributed by atoms with van der Waals surface area (Å²) in [4.78, 5) is 15.3. The van der Waals surface area contributed by atoms with Gasteiger partial charge in [-0.25, -0.2) is 0 Å². The molecule has 1 aliphatic heterocycles. The number of phenols is 1. The third-order valence-electron chi connectivity index (χ3n) is 8.92. The monoisotopic (exact) mass is 490 g/mol. The molecule has 1 heterocycles. The van der Waals surface area contributed by atoms with E-state index in [2.05, 4.69) is 40.5 Å². The van der Waals surface area contributed by atoms with Gasteiger partial charge in [0.05, 0.1) is 5.60 Å². The molecule has 5 rings (SSSR count). The van der Waals surface area contributed by atoms with E-state index in [1.54, 1.807) is 6.07 Å². The maximum atomic E-state index is 12.8. The number of aliphatic hydroxyl groups is 1. The number of likely N-dealkylation sites (tertiary alicyclic amines) is 1. The second-order valence-corrected chi connectivity index (χ2v) is 11.6. The lowest BCUT2D eigenvalue weighted by Crippen LogP contribution is -2.67. The summed E-state index contributed by atoms with van der Waals surface area (Å²) in [6.45, 7) is 2.72. The highest BCUT2D eigenvalue weighted by molar-refractivity contribution is 5.76. The highest BCUT2D eigenvalue weighted by Crippen LogP contribution is 2.52. The fourth-order valence-corrected chi connectivity index (χ4v) is 6.74. The van der Waals surface area contributed by atoms with Crippen LogP contribution in [0.5, 0.6) is 5.75 Å². The van der Waals surface area contributed by atoms with Gasteiger partial charge in [0.2, 0.25) is 5.91 Å². The summed E-state index contributed by atoms with van der Waals surface area (Å²) in [6, 6.07) is 18.0. The molecule has 0 radical (unpaired) electrons. The van der Waals surface area contributed by atoms with Crippen molar-refractivity contribution in [2.24, 2.45) is 5.92 Å². The molecule has 2 saturated carbocycles. The zero-order chi connectivity index (χ0) is 25.0. The highest BCUT2D eigenvalue weighted by Gasteiger charge is 2.57. The van der Waals surface area contributed by atoms with Gasteiger partial charge < -0.3 is 20.4 Å². The molecule has 3 aliphatic rings. The number of fused-ring (bicyclic) bond motifs is 1. The van der Waals surface area contributed by atoms with E-state index in [1.165, 1.54) is 18.4 Å². The van der Waals surface area contributed by atoms with E-state index in [-0.39, 0.29) is 17.7 Å². The number of aromatic hydroxyl groups is 1. The molecule has 2 aromatic rings. The van der Waals surface area contributed by atoms with Gasteiger partial charge in [0.15, 0.2) is 0 Å². The van der Waals surface area contributed by atoms with E-state index in [1.807, 2.05) is 18.2 Å². The molecule has 0 spiro atoms. The molecule has 1 amide bonds. The molecule has 1 saturated heterocycles. The third-order valence-corrected chi connectivity index (χ3v) is 8.92. The number of rotatable bonds is 10. The van der Waals surface area contributed by atoms with Crippen molar-refractivity contribution in [1.82, 2.24) is 10.2 Å². The predicted octanol–water partition coefficient (Wildman–Crippen LogP) is 4.95. The fourth-order valence-electron chi connectivity index (χ4n) is 6.74. The summed E-state index contributed by atoms with van der Waals surface area (Å²) in [5, 5.41) is 25.7. The number of nitrogens with zero attached hydrogens (tertiary/aromatic N) is 1. The molecule has 5 heteroatoms. The van der Waals surface area contributed by atoms with Gasteiger partial charge >= 0.3 is 0 Å². The molecule has 3 fully saturated rings. The van der Waals surface area contributed by atoms with Crippen molar-refractivity contribution < 1.29 is 15.0 Å². The first kappa shape index (κ1) is 25.3. The average molecular weight is 491 g/mol. The molecule has 0 bridgehead atoms. The van der Waals surface area contributed by atoms with Crippen molar-refractivity contribution in [3.63, 3.8) is 0 Å². The summed E-state index contributed by atoms with van der Waals surface area (Å²) >= 11 is 0. The van der Waals surface area contributed by atoms with Crippen molar-refractivity contribution in [2.45, 2.75) is 87.7 Å². The molecule has 5 nitrogen and oxygen atoms in total. The summed E-state index contributed by atoms with van der Waals surface area (Å²) in [5.74, 6) is 1.17. The molecular weight excluding hydrogens is 448 g/mol. The molecular formula is C31H42N2O3. The maximum Gasteiger partial charge on any atom is 0.220 e. The minimum Gasteiger partial charge on any atom is -0.508 e. The number of carbonyl (C=O) groups is 1. The fraction of sp³-hybridized carbons (Fsp3) is 0.581. The van der Waals surface area contributed by atoms with E-state index in [9.17, 15) is 15.0 Å². The Morgan fingerprint density at radius 2 is 1.83 bits per heavy atom. The molecule has 2 aromatic carbocycles. The number of piperidine rings is 1. The van der Waals surface area contributed by atoms with Gasteiger partial charge in [-0.1, -0.05) is 48.9 Å². The van der Waals surface area contributed by atoms with Crippen LogP contribution in [0, 0.1) is 5.92 Å². The standard InChI is InChI=1S/C31H42N2O3/c34-28-12-7-11-26(20-28)30-18-19-33(22-25-14-15-25)23-31(30,36)17-16-27(21-30)32-29(35)13-6-2-5-10-24-8-3-1-4-9-24/h1,3-4,7-9,11-12,20,25,27,34,36H,2,5-6,10,13-19,21-23H2,(H,32,35)/t27-,30+,31+/m1/s1. The molecule has 0 aromatic heterocycles. The Balaban J connectivity index is 1.19. The smallest absolute Gasteiger partial charge is 0.220 e. The van der Waals surface area contributed by atoms with Crippen LogP contribution in [0.15, 0.2) is 54.6 Å². The van der Waals surface area contributed by atoms with Crippen LogP contribution in [0.3, 0.4) is 0 Å². The van der Waals surface area contributed by atoms with Crippen LogP contribution >= 0.6 is 0 Å². The van der Waals surface area contributed by atoms with Gasteiger partial charge in [0.1, 0.15) is 5.75 Å². The number of phenolic OH excluding ortho intramolecular Hbond substituents is 1. The maximum absolute atomic E-state index is 12.8. The molecule has 2 aliphatic carbocycles. The summed E-state index contributed by atoms with van der Waals surface area (Å²) < 4.78 is 0. The number of aryl methyl sites for hydroxylation is 1. The van der Waals surface area contributed by atoms with Crippen LogP contribution in [0.4, 0.5) is 0 Å². The first-order chi connectivity index (χ1) is 17.5. The van der Waals surface area contributed by atoms with E-state index >= 15 is 0 Å². The third kappa shape index (κ3) is 5.78. The normalized spacial score (nSPS) is 28.4. The second kappa shape index (κ2) is 10.9. The van der Waals surface area contributed by atoms with Gasteiger partial charge in [-0.05, 0) is 93.5 Å². The minimum atomic E-state index is -0.841. The number of hydrogen-bond acceptors (Lipinski definition) is 4. The van der Waals surface area contributed by atoms with Crippen LogP contribution in [0.25, 0.3) is 0 Å². The Labute approximate surface area is 215 Å². The number of nitrogens with one attached hydrogen (secondary N) is 1. The Morgan fingerprint density at radius 3 is 2.61 bits per heavy atom. The quantitative estimate of drug-likeness (QED) is 0.412. The van der Waals surface area contributed by atoms with Gasteiger partial charge in [-0.2, -0.15) is 0 Å². The number of benzene rings is 2. The van der Waals surface area contributed by atoms with Crippen LogP contribution in [0.2, 0.25) is 0 Å². The topological polar surface area (TPSA) is 72.8 Å². The van der Waals surface area contributed by atoms with Crippen molar-refractivity contribution >= 4 is 5.91 Å². The highest BCUT2D eigenvalue weighted by atomic mass is 16.3. The largest absolute Gasteiger partial charge is 0.508 e. The number of hydrogen-bond donors (Lipinski definition) is 3. The van der Waals surface area contributed by atoms with Gasteiger partial charge in [-0.15, -0.1) is 0 Å². The van der Waals surface area contributed by atoms with E-state index in [4.69, 9.17) is 0 Å². The van der Waals surface area contributed by atoms with Gasteiger partial charge in [0, 0.05) is 31.0 Å². The Morgan fingerprint density at radius 1 is 1.00 bits per heavy atom. The van der Waals surface area contributed by atoms with Crippen LogP contribution in [0.1, 0.15) is 75.3 Å². The summed E-state index contributed by atoms with van der Waals surface area (Å²) in [6.07, 6.45) is 10.4. The zero-order valence-electron chi connectivity index (χ0n) is 21.5. The molecule has 3 atom stereocenters. The first-order valence-corrected chi connectivity index (χ1v) is 14.0. The van der Waals surface area contributed by atoms with Gasteiger partial charge in [0.25, 0.3) is 0 Å². The summed E-state index contributed by atoms with van der Waals surface area (Å²) in [5.41, 5.74) is 1.08. The summed E-state index contributed by atoms with van der Waals surface area (Å²) in [7, 11) is 0. The van der Waals surface area contributed by atoms with Crippen LogP contribution in [-0.4, -0.2) is 52.3 Å². The number of unbranched alkanes of at least 4 members (excludes halogenated alkanes) is 2. The lowest BCUT2D eigenvalue weighted by atomic mass is 9.55. The van der Waals surface area contributed by atoms with Crippen LogP contribution in [-0.2, 0) is 16.6 Å². The van der Waals surface area contributed by atoms with E-state index < -0.39 is 11.0 Å². The predicted molar refractivity (Wildman–Crippen MR) is 143 cm³/mol. The second-order valence-electron chi connectivity index (χ2n) is 11.6. The number of carbonyl (C=O) groups excluding carboxylic acids is 1. The molecule has 36 heavy (non-hydrogen) atoms. The Bertz CT molecular complexity index is 1020. The Kier molecular flexibility index (Phi) is 7.68. The van der Waals surface area contributed by atoms with E-state index in [0.717, 1.165) is 69.5 Å². The van der Waals surface area contributed by atoms with Crippen molar-refractivity contribution in [3.8, 4) is 5.75 Å². The van der Waals surface area contributed by atoms with Gasteiger partial charge in [-0.3, -0.25) is 4.79 Å².